The van der Waals surface area contributed by atoms with E-state index in [0.717, 1.165) is 47.3 Å². The summed E-state index contributed by atoms with van der Waals surface area (Å²) in [7, 11) is 0. The molecule has 3 aromatic heterocycles. The topological polar surface area (TPSA) is 85.5 Å². The Balaban J connectivity index is 1.68. The van der Waals surface area contributed by atoms with Crippen LogP contribution in [0.1, 0.15) is 33.2 Å². The summed E-state index contributed by atoms with van der Waals surface area (Å²) in [5.74, 6) is 1.52. The van der Waals surface area contributed by atoms with E-state index in [1.807, 2.05) is 35.0 Å². The summed E-state index contributed by atoms with van der Waals surface area (Å²) in [6.07, 6.45) is 8.08. The van der Waals surface area contributed by atoms with Crippen LogP contribution in [0.25, 0.3) is 16.9 Å². The monoisotopic (exact) mass is 376 g/mol. The van der Waals surface area contributed by atoms with Crippen molar-refractivity contribution in [3.63, 3.8) is 0 Å². The molecule has 0 aliphatic rings. The third-order valence-corrected chi connectivity index (χ3v) is 4.46. The van der Waals surface area contributed by atoms with Crippen molar-refractivity contribution in [1.29, 1.82) is 0 Å². The molecule has 0 atom stereocenters. The standard InChI is InChI=1S/C20H24N8/c1-4-9-22-18-17-19(24-12-23-18)28(14(2)3)20(26-17)25-15-5-7-16(8-6-15)27-11-10-21-13-27/h5-8,10-14H,4,9H2,1-3H3,(H,25,26)(H,22,23,24). The number of hydrogen-bond donors (Lipinski definition) is 2. The lowest BCUT2D eigenvalue weighted by atomic mass is 10.3. The first-order valence-corrected chi connectivity index (χ1v) is 9.49. The molecule has 4 aromatic rings. The molecule has 2 N–H and O–H groups in total. The molecule has 4 rings (SSSR count). The number of rotatable bonds is 7. The van der Waals surface area contributed by atoms with Crippen molar-refractivity contribution in [3.05, 3.63) is 49.3 Å². The summed E-state index contributed by atoms with van der Waals surface area (Å²) in [4.78, 5) is 17.7. The summed E-state index contributed by atoms with van der Waals surface area (Å²) in [5.41, 5.74) is 3.61. The predicted molar refractivity (Wildman–Crippen MR) is 111 cm³/mol. The van der Waals surface area contributed by atoms with Crippen LogP contribution in [0.5, 0.6) is 0 Å². The van der Waals surface area contributed by atoms with Gasteiger partial charge in [-0.1, -0.05) is 6.92 Å². The minimum absolute atomic E-state index is 0.201. The van der Waals surface area contributed by atoms with Crippen molar-refractivity contribution in [2.75, 3.05) is 17.2 Å². The largest absolute Gasteiger partial charge is 0.368 e. The molecular weight excluding hydrogens is 352 g/mol. The highest BCUT2D eigenvalue weighted by molar-refractivity contribution is 5.86. The van der Waals surface area contributed by atoms with Gasteiger partial charge in [-0.3, -0.25) is 4.57 Å². The number of nitrogens with one attached hydrogen (secondary N) is 2. The first-order valence-electron chi connectivity index (χ1n) is 9.49. The van der Waals surface area contributed by atoms with E-state index >= 15 is 0 Å². The summed E-state index contributed by atoms with van der Waals surface area (Å²) in [5, 5.41) is 6.77. The number of nitrogens with zero attached hydrogens (tertiary/aromatic N) is 6. The Kier molecular flexibility index (Phi) is 4.92. The SMILES string of the molecule is CCCNc1ncnc2c1nc(Nc1ccc(-n3ccnc3)cc1)n2C(C)C. The van der Waals surface area contributed by atoms with Crippen molar-refractivity contribution < 1.29 is 0 Å². The number of aromatic nitrogens is 6. The van der Waals surface area contributed by atoms with Crippen LogP contribution in [-0.4, -0.2) is 35.6 Å². The van der Waals surface area contributed by atoms with E-state index in [9.17, 15) is 0 Å². The maximum atomic E-state index is 4.80. The quantitative estimate of drug-likeness (QED) is 0.504. The maximum Gasteiger partial charge on any atom is 0.210 e. The van der Waals surface area contributed by atoms with Crippen LogP contribution < -0.4 is 10.6 Å². The predicted octanol–water partition coefficient (Wildman–Crippen LogP) is 4.16. The number of anilines is 3. The zero-order chi connectivity index (χ0) is 19.5. The van der Waals surface area contributed by atoms with E-state index in [1.54, 1.807) is 18.9 Å². The van der Waals surface area contributed by atoms with E-state index in [1.165, 1.54) is 0 Å². The molecule has 0 radical (unpaired) electrons. The van der Waals surface area contributed by atoms with Gasteiger partial charge in [0.25, 0.3) is 0 Å². The van der Waals surface area contributed by atoms with Crippen LogP contribution in [0.3, 0.4) is 0 Å². The van der Waals surface area contributed by atoms with Crippen LogP contribution in [0, 0.1) is 0 Å². The maximum absolute atomic E-state index is 4.80. The van der Waals surface area contributed by atoms with Crippen molar-refractivity contribution in [1.82, 2.24) is 29.1 Å². The number of hydrogen-bond acceptors (Lipinski definition) is 6. The number of benzene rings is 1. The van der Waals surface area contributed by atoms with Gasteiger partial charge < -0.3 is 15.2 Å². The molecule has 0 unspecified atom stereocenters. The summed E-state index contributed by atoms with van der Waals surface area (Å²) >= 11 is 0. The van der Waals surface area contributed by atoms with Gasteiger partial charge in [-0.05, 0) is 44.5 Å². The van der Waals surface area contributed by atoms with Gasteiger partial charge in [0, 0.05) is 36.4 Å². The molecule has 8 nitrogen and oxygen atoms in total. The molecule has 8 heteroatoms. The number of imidazole rings is 2. The third kappa shape index (κ3) is 3.40. The summed E-state index contributed by atoms with van der Waals surface area (Å²) in [6.45, 7) is 7.21. The third-order valence-electron chi connectivity index (χ3n) is 4.46. The van der Waals surface area contributed by atoms with Gasteiger partial charge in [0.2, 0.25) is 5.95 Å². The molecule has 0 amide bonds. The van der Waals surface area contributed by atoms with Crippen LogP contribution >= 0.6 is 0 Å². The molecule has 0 saturated carbocycles. The molecular formula is C20H24N8. The van der Waals surface area contributed by atoms with E-state index in [2.05, 4.69) is 50.9 Å². The molecule has 0 fully saturated rings. The second kappa shape index (κ2) is 7.67. The second-order valence-electron chi connectivity index (χ2n) is 6.86. The first kappa shape index (κ1) is 18.0. The zero-order valence-electron chi connectivity index (χ0n) is 16.3. The van der Waals surface area contributed by atoms with E-state index in [-0.39, 0.29) is 6.04 Å². The van der Waals surface area contributed by atoms with Crippen molar-refractivity contribution in [2.45, 2.75) is 33.2 Å². The van der Waals surface area contributed by atoms with Crippen molar-refractivity contribution in [2.24, 2.45) is 0 Å². The average Bonchev–Trinajstić information content (AvgIpc) is 3.35. The fourth-order valence-electron chi connectivity index (χ4n) is 3.12. The van der Waals surface area contributed by atoms with Gasteiger partial charge in [0.05, 0.1) is 6.33 Å². The van der Waals surface area contributed by atoms with E-state index in [0.29, 0.717) is 0 Å². The summed E-state index contributed by atoms with van der Waals surface area (Å²) in [6, 6.07) is 8.34. The Morgan fingerprint density at radius 3 is 2.61 bits per heavy atom. The fourth-order valence-corrected chi connectivity index (χ4v) is 3.12. The lowest BCUT2D eigenvalue weighted by Crippen LogP contribution is -2.07. The molecule has 0 aliphatic carbocycles. The van der Waals surface area contributed by atoms with E-state index < -0.39 is 0 Å². The Hall–Kier alpha value is -3.42. The minimum atomic E-state index is 0.201. The molecule has 1 aromatic carbocycles. The molecule has 28 heavy (non-hydrogen) atoms. The van der Waals surface area contributed by atoms with Crippen LogP contribution in [-0.2, 0) is 0 Å². The Labute approximate surface area is 163 Å². The van der Waals surface area contributed by atoms with Gasteiger partial charge in [-0.25, -0.2) is 19.9 Å². The van der Waals surface area contributed by atoms with Crippen LogP contribution in [0.4, 0.5) is 17.5 Å². The Morgan fingerprint density at radius 2 is 1.93 bits per heavy atom. The first-order chi connectivity index (χ1) is 13.7. The molecule has 0 spiro atoms. The lowest BCUT2D eigenvalue weighted by Gasteiger charge is -2.14. The Morgan fingerprint density at radius 1 is 1.11 bits per heavy atom. The lowest BCUT2D eigenvalue weighted by molar-refractivity contribution is 0.620. The molecule has 0 aliphatic heterocycles. The average molecular weight is 376 g/mol. The molecule has 0 bridgehead atoms. The molecule has 0 saturated heterocycles. The van der Waals surface area contributed by atoms with Gasteiger partial charge in [-0.2, -0.15) is 0 Å². The highest BCUT2D eigenvalue weighted by atomic mass is 15.3. The van der Waals surface area contributed by atoms with Crippen molar-refractivity contribution in [3.8, 4) is 5.69 Å². The summed E-state index contributed by atoms with van der Waals surface area (Å²) < 4.78 is 4.06. The molecule has 3 heterocycles. The zero-order valence-corrected chi connectivity index (χ0v) is 16.3. The highest BCUT2D eigenvalue weighted by Crippen LogP contribution is 2.28. The van der Waals surface area contributed by atoms with Gasteiger partial charge in [0.1, 0.15) is 6.33 Å². The van der Waals surface area contributed by atoms with E-state index in [4.69, 9.17) is 4.98 Å². The van der Waals surface area contributed by atoms with Crippen LogP contribution in [0.2, 0.25) is 0 Å². The normalized spacial score (nSPS) is 11.3. The van der Waals surface area contributed by atoms with Crippen molar-refractivity contribution >= 4 is 28.6 Å². The minimum Gasteiger partial charge on any atom is -0.368 e. The molecule has 144 valence electrons. The number of fused-ring (bicyclic) bond motifs is 1. The Bertz CT molecular complexity index is 1050. The van der Waals surface area contributed by atoms with Crippen LogP contribution in [0.15, 0.2) is 49.3 Å². The second-order valence-corrected chi connectivity index (χ2v) is 6.86. The van der Waals surface area contributed by atoms with Gasteiger partial charge in [0.15, 0.2) is 17.0 Å². The van der Waals surface area contributed by atoms with Gasteiger partial charge >= 0.3 is 0 Å². The smallest absolute Gasteiger partial charge is 0.210 e. The highest BCUT2D eigenvalue weighted by Gasteiger charge is 2.18. The fraction of sp³-hybridized carbons (Fsp3) is 0.300. The van der Waals surface area contributed by atoms with Gasteiger partial charge in [-0.15, -0.1) is 0 Å².